The molecule has 1 saturated heterocycles. The van der Waals surface area contributed by atoms with Crippen molar-refractivity contribution < 1.29 is 8.74 Å². The Morgan fingerprint density at radius 2 is 2.67 bits per heavy atom. The normalized spacial score (nSPS) is 27.0. The van der Waals surface area contributed by atoms with Gasteiger partial charge < -0.3 is 9.87 Å². The Hall–Kier alpha value is 0.230. The topological polar surface area (TPSA) is 41.5 Å². The van der Waals surface area contributed by atoms with E-state index in [4.69, 9.17) is 8.74 Å². The first kappa shape index (κ1) is 7.34. The molecule has 0 bridgehead atoms. The van der Waals surface area contributed by atoms with Crippen LogP contribution in [0.2, 0.25) is 0 Å². The SMILES string of the molecule is OSOC[C@@H]1CCCN1. The van der Waals surface area contributed by atoms with Gasteiger partial charge in [0.05, 0.1) is 6.61 Å². The lowest BCUT2D eigenvalue weighted by molar-refractivity contribution is 0.300. The molecule has 0 amide bonds. The van der Waals surface area contributed by atoms with E-state index >= 15 is 0 Å². The summed E-state index contributed by atoms with van der Waals surface area (Å²) in [6.45, 7) is 1.70. The largest absolute Gasteiger partial charge is 0.312 e. The molecule has 1 rings (SSSR count). The third kappa shape index (κ3) is 2.53. The molecule has 1 aliphatic heterocycles. The molecule has 4 heteroatoms. The minimum atomic E-state index is 0.448. The van der Waals surface area contributed by atoms with Crippen LogP contribution in [0.25, 0.3) is 0 Å². The van der Waals surface area contributed by atoms with E-state index in [0.717, 1.165) is 6.54 Å². The van der Waals surface area contributed by atoms with Gasteiger partial charge in [0.15, 0.2) is 12.3 Å². The average molecular weight is 149 g/mol. The van der Waals surface area contributed by atoms with Gasteiger partial charge in [0.1, 0.15) is 0 Å². The van der Waals surface area contributed by atoms with Crippen LogP contribution in [-0.4, -0.2) is 23.7 Å². The van der Waals surface area contributed by atoms with Crippen molar-refractivity contribution in [3.8, 4) is 0 Å². The van der Waals surface area contributed by atoms with Crippen molar-refractivity contribution in [2.24, 2.45) is 0 Å². The van der Waals surface area contributed by atoms with Crippen LogP contribution in [0.4, 0.5) is 0 Å². The Balaban J connectivity index is 1.98. The average Bonchev–Trinajstić information content (AvgIpc) is 2.34. The second-order valence-electron chi connectivity index (χ2n) is 2.15. The standard InChI is InChI=1S/C5H11NO2S/c7-9-8-4-5-2-1-3-6-5/h5-7H,1-4H2/t5-/m0/s1. The minimum Gasteiger partial charge on any atom is -0.312 e. The molecule has 1 atom stereocenters. The number of hydrogen-bond acceptors (Lipinski definition) is 4. The fourth-order valence-corrected chi connectivity index (χ4v) is 1.24. The maximum absolute atomic E-state index is 8.19. The highest BCUT2D eigenvalue weighted by Crippen LogP contribution is 2.07. The van der Waals surface area contributed by atoms with Crippen molar-refractivity contribution in [1.29, 1.82) is 0 Å². The van der Waals surface area contributed by atoms with Gasteiger partial charge in [-0.3, -0.25) is 4.18 Å². The molecule has 0 aromatic carbocycles. The summed E-state index contributed by atoms with van der Waals surface area (Å²) in [6.07, 6.45) is 2.39. The van der Waals surface area contributed by atoms with Crippen LogP contribution >= 0.6 is 12.3 Å². The zero-order valence-electron chi connectivity index (χ0n) is 5.17. The van der Waals surface area contributed by atoms with E-state index in [0.29, 0.717) is 25.0 Å². The van der Waals surface area contributed by atoms with Gasteiger partial charge in [0.2, 0.25) is 0 Å². The summed E-state index contributed by atoms with van der Waals surface area (Å²) in [7, 11) is 0. The number of nitrogens with one attached hydrogen (secondary N) is 1. The van der Waals surface area contributed by atoms with Crippen LogP contribution in [0.3, 0.4) is 0 Å². The van der Waals surface area contributed by atoms with Gasteiger partial charge in [-0.2, -0.15) is 0 Å². The summed E-state index contributed by atoms with van der Waals surface area (Å²) in [5, 5.41) is 3.24. The van der Waals surface area contributed by atoms with E-state index in [1.165, 1.54) is 12.8 Å². The zero-order chi connectivity index (χ0) is 6.53. The Kier molecular flexibility index (Phi) is 3.35. The maximum atomic E-state index is 8.19. The summed E-state index contributed by atoms with van der Waals surface area (Å²) in [6, 6.07) is 0.463. The third-order valence-electron chi connectivity index (χ3n) is 1.48. The van der Waals surface area contributed by atoms with Gasteiger partial charge in [-0.15, -0.1) is 0 Å². The molecule has 54 valence electrons. The summed E-state index contributed by atoms with van der Waals surface area (Å²) < 4.78 is 12.9. The predicted octanol–water partition coefficient (Wildman–Crippen LogP) is 0.876. The third-order valence-corrected chi connectivity index (χ3v) is 1.73. The molecule has 0 spiro atoms. The van der Waals surface area contributed by atoms with E-state index in [1.807, 2.05) is 0 Å². The van der Waals surface area contributed by atoms with Gasteiger partial charge in [-0.05, 0) is 19.4 Å². The highest BCUT2D eigenvalue weighted by atomic mass is 32.2. The first-order valence-corrected chi connectivity index (χ1v) is 3.80. The van der Waals surface area contributed by atoms with Crippen LogP contribution in [0.5, 0.6) is 0 Å². The molecule has 0 saturated carbocycles. The summed E-state index contributed by atoms with van der Waals surface area (Å²) in [4.78, 5) is 0. The Bertz CT molecular complexity index is 75.4. The number of hydrogen-bond donors (Lipinski definition) is 2. The molecule has 1 heterocycles. The summed E-state index contributed by atoms with van der Waals surface area (Å²) >= 11 is 0.448. The van der Waals surface area contributed by atoms with Crippen molar-refractivity contribution >= 4 is 12.3 Å². The van der Waals surface area contributed by atoms with Crippen LogP contribution in [0.1, 0.15) is 12.8 Å². The molecule has 1 fully saturated rings. The van der Waals surface area contributed by atoms with Crippen molar-refractivity contribution in [3.05, 3.63) is 0 Å². The molecular formula is C5H11NO2S. The smallest absolute Gasteiger partial charge is 0.155 e. The molecule has 9 heavy (non-hydrogen) atoms. The highest BCUT2D eigenvalue weighted by Gasteiger charge is 2.13. The van der Waals surface area contributed by atoms with Gasteiger partial charge in [-0.1, -0.05) is 0 Å². The molecular weight excluding hydrogens is 138 g/mol. The molecule has 0 unspecified atom stereocenters. The van der Waals surface area contributed by atoms with Crippen molar-refractivity contribution in [3.63, 3.8) is 0 Å². The Labute approximate surface area is 59.2 Å². The summed E-state index contributed by atoms with van der Waals surface area (Å²) in [5.41, 5.74) is 0. The van der Waals surface area contributed by atoms with E-state index in [1.54, 1.807) is 0 Å². The first-order valence-electron chi connectivity index (χ1n) is 3.10. The molecule has 3 nitrogen and oxygen atoms in total. The molecule has 0 aliphatic carbocycles. The van der Waals surface area contributed by atoms with E-state index in [9.17, 15) is 0 Å². The van der Waals surface area contributed by atoms with Gasteiger partial charge in [-0.25, -0.2) is 0 Å². The van der Waals surface area contributed by atoms with Crippen LogP contribution < -0.4 is 5.32 Å². The van der Waals surface area contributed by atoms with Crippen LogP contribution in [-0.2, 0) is 4.18 Å². The zero-order valence-corrected chi connectivity index (χ0v) is 5.99. The minimum absolute atomic E-state index is 0.448. The fraction of sp³-hybridized carbons (Fsp3) is 1.00. The van der Waals surface area contributed by atoms with Crippen LogP contribution in [0, 0.1) is 0 Å². The van der Waals surface area contributed by atoms with Gasteiger partial charge >= 0.3 is 0 Å². The van der Waals surface area contributed by atoms with Gasteiger partial charge in [0.25, 0.3) is 0 Å². The van der Waals surface area contributed by atoms with Gasteiger partial charge in [0, 0.05) is 6.04 Å². The lowest BCUT2D eigenvalue weighted by Gasteiger charge is -2.06. The first-order chi connectivity index (χ1) is 4.43. The summed E-state index contributed by atoms with van der Waals surface area (Å²) in [5.74, 6) is 0. The van der Waals surface area contributed by atoms with E-state index in [-0.39, 0.29) is 0 Å². The number of rotatable bonds is 3. The Morgan fingerprint density at radius 3 is 3.22 bits per heavy atom. The fourth-order valence-electron chi connectivity index (χ4n) is 1.01. The lowest BCUT2D eigenvalue weighted by atomic mass is 10.2. The predicted molar refractivity (Wildman–Crippen MR) is 37.2 cm³/mol. The van der Waals surface area contributed by atoms with Crippen molar-refractivity contribution in [2.75, 3.05) is 13.2 Å². The maximum Gasteiger partial charge on any atom is 0.155 e. The van der Waals surface area contributed by atoms with E-state index in [2.05, 4.69) is 5.32 Å². The second-order valence-corrected chi connectivity index (χ2v) is 2.54. The van der Waals surface area contributed by atoms with Crippen molar-refractivity contribution in [1.82, 2.24) is 5.32 Å². The highest BCUT2D eigenvalue weighted by molar-refractivity contribution is 7.88. The quantitative estimate of drug-likeness (QED) is 0.584. The molecule has 0 aromatic rings. The molecule has 0 radical (unpaired) electrons. The molecule has 2 N–H and O–H groups in total. The molecule has 0 aromatic heterocycles. The van der Waals surface area contributed by atoms with Crippen LogP contribution in [0.15, 0.2) is 0 Å². The van der Waals surface area contributed by atoms with Crippen molar-refractivity contribution in [2.45, 2.75) is 18.9 Å². The second kappa shape index (κ2) is 4.11. The lowest BCUT2D eigenvalue weighted by Crippen LogP contribution is -2.25. The molecule has 1 aliphatic rings. The Morgan fingerprint density at radius 1 is 1.78 bits per heavy atom. The monoisotopic (exact) mass is 149 g/mol. The van der Waals surface area contributed by atoms with E-state index < -0.39 is 0 Å².